The van der Waals surface area contributed by atoms with Crippen LogP contribution in [0.25, 0.3) is 0 Å². The standard InChI is InChI=1S/C3H6S/c1-3-4-2/h2H,3H2,1H3. The van der Waals surface area contributed by atoms with Crippen molar-refractivity contribution in [1.29, 1.82) is 0 Å². The highest BCUT2D eigenvalue weighted by atomic mass is 32.1. The van der Waals surface area contributed by atoms with Crippen LogP contribution in [0.5, 0.6) is 0 Å². The number of hydrogen-bond donors (Lipinski definition) is 0. The van der Waals surface area contributed by atoms with Crippen LogP contribution in [0.1, 0.15) is 6.92 Å². The van der Waals surface area contributed by atoms with Crippen LogP contribution in [-0.2, 0) is 0 Å². The summed E-state index contributed by atoms with van der Waals surface area (Å²) in [7, 11) is 0. The van der Waals surface area contributed by atoms with Gasteiger partial charge in [-0.2, -0.15) is 0 Å². The predicted molar refractivity (Wildman–Crippen MR) is 23.1 cm³/mol. The lowest BCUT2D eigenvalue weighted by Crippen LogP contribution is -1.40. The van der Waals surface area contributed by atoms with Crippen LogP contribution in [0.4, 0.5) is 0 Å². The molecule has 0 unspecified atom stereocenters. The molecule has 0 spiro atoms. The van der Waals surface area contributed by atoms with Crippen LogP contribution in [-0.4, -0.2) is 5.75 Å². The van der Waals surface area contributed by atoms with E-state index in [1.807, 2.05) is 6.92 Å². The number of rotatable bonds is 0. The molecule has 0 amide bonds. The van der Waals surface area contributed by atoms with Crippen molar-refractivity contribution in [3.8, 4) is 5.69 Å². The Morgan fingerprint density at radius 1 is 2.00 bits per heavy atom. The number of hydrogen-bond acceptors (Lipinski definition) is 0. The predicted octanol–water partition coefficient (Wildman–Crippen LogP) is 1.33. The Bertz CT molecular complexity index is 33.0. The molecule has 0 aromatic carbocycles. The fourth-order valence-electron chi connectivity index (χ4n) is 0. The molecule has 0 saturated carbocycles. The van der Waals surface area contributed by atoms with E-state index in [1.54, 1.807) is 0 Å². The third kappa shape index (κ3) is 2.00. The van der Waals surface area contributed by atoms with E-state index < -0.39 is 0 Å². The van der Waals surface area contributed by atoms with Gasteiger partial charge in [0.1, 0.15) is 0 Å². The van der Waals surface area contributed by atoms with E-state index in [1.165, 1.54) is 11.2 Å². The summed E-state index contributed by atoms with van der Waals surface area (Å²) in [5, 5.41) is 0. The first-order valence-corrected chi connectivity index (χ1v) is 2.28. The lowest BCUT2D eigenvalue weighted by Gasteiger charge is -1.53. The summed E-state index contributed by atoms with van der Waals surface area (Å²) in [4.78, 5) is 0. The Hall–Kier alpha value is 0. The van der Waals surface area contributed by atoms with E-state index in [-0.39, 0.29) is 0 Å². The van der Waals surface area contributed by atoms with E-state index in [2.05, 4.69) is 0 Å². The van der Waals surface area contributed by atoms with Crippen molar-refractivity contribution in [2.75, 3.05) is 5.75 Å². The SMILES string of the molecule is C#SCC. The van der Waals surface area contributed by atoms with Crippen molar-refractivity contribution in [2.45, 2.75) is 6.92 Å². The molecule has 0 nitrogen and oxygen atoms in total. The normalized spacial score (nSPS) is 6.00. The molecule has 0 N–H and O–H groups in total. The summed E-state index contributed by atoms with van der Waals surface area (Å²) in [6, 6.07) is 0. The van der Waals surface area contributed by atoms with Gasteiger partial charge in [0.15, 0.2) is 0 Å². The molecule has 0 fully saturated rings. The summed E-state index contributed by atoms with van der Waals surface area (Å²) in [6.45, 7) is 2.02. The highest BCUT2D eigenvalue weighted by molar-refractivity contribution is 7.88. The molecule has 0 atom stereocenters. The molecule has 0 radical (unpaired) electrons. The van der Waals surface area contributed by atoms with Gasteiger partial charge in [-0.3, -0.25) is 0 Å². The molecule has 0 aliphatic heterocycles. The minimum absolute atomic E-state index is 1.01. The van der Waals surface area contributed by atoms with Gasteiger partial charge in [-0.1, -0.05) is 6.92 Å². The Morgan fingerprint density at radius 2 is 2.25 bits per heavy atom. The molecule has 0 saturated heterocycles. The third-order valence-electron chi connectivity index (χ3n) is 0.167. The van der Waals surface area contributed by atoms with Crippen molar-refractivity contribution in [3.63, 3.8) is 0 Å². The summed E-state index contributed by atoms with van der Waals surface area (Å²) in [5.41, 5.74) is 4.94. The van der Waals surface area contributed by atoms with Crippen molar-refractivity contribution in [2.24, 2.45) is 0 Å². The van der Waals surface area contributed by atoms with Crippen LogP contribution < -0.4 is 0 Å². The third-order valence-corrected chi connectivity index (χ3v) is 0.500. The first-order chi connectivity index (χ1) is 1.91. The van der Waals surface area contributed by atoms with Gasteiger partial charge in [-0.25, -0.2) is 0 Å². The molecule has 24 valence electrons. The maximum Gasteiger partial charge on any atom is 0.0147 e. The molecular formula is C3H6S. The topological polar surface area (TPSA) is 0 Å². The molecule has 4 heavy (non-hydrogen) atoms. The van der Waals surface area contributed by atoms with Crippen molar-refractivity contribution in [1.82, 2.24) is 0 Å². The van der Waals surface area contributed by atoms with Gasteiger partial charge >= 0.3 is 0 Å². The molecule has 0 rings (SSSR count). The minimum Gasteiger partial charge on any atom is -0.138 e. The average molecular weight is 74.1 g/mol. The molecule has 0 bridgehead atoms. The van der Waals surface area contributed by atoms with E-state index in [0.29, 0.717) is 0 Å². The largest absolute Gasteiger partial charge is 0.138 e. The summed E-state index contributed by atoms with van der Waals surface area (Å²) >= 11 is 1.36. The maximum absolute atomic E-state index is 4.94. The van der Waals surface area contributed by atoms with Gasteiger partial charge in [0.05, 0.1) is 0 Å². The van der Waals surface area contributed by atoms with Crippen molar-refractivity contribution >= 4 is 11.2 Å². The summed E-state index contributed by atoms with van der Waals surface area (Å²) < 4.78 is 0. The molecular weight excluding hydrogens is 68.1 g/mol. The van der Waals surface area contributed by atoms with Gasteiger partial charge < -0.3 is 0 Å². The molecule has 0 aromatic heterocycles. The van der Waals surface area contributed by atoms with E-state index in [9.17, 15) is 0 Å². The highest BCUT2D eigenvalue weighted by Gasteiger charge is 1.43. The molecule has 0 aromatic rings. The van der Waals surface area contributed by atoms with E-state index >= 15 is 0 Å². The maximum atomic E-state index is 4.94. The molecule has 0 aliphatic rings. The second kappa shape index (κ2) is 3.00. The van der Waals surface area contributed by atoms with Crippen LogP contribution in [0.15, 0.2) is 0 Å². The zero-order chi connectivity index (χ0) is 3.41. The summed E-state index contributed by atoms with van der Waals surface area (Å²) in [6.07, 6.45) is 0. The monoisotopic (exact) mass is 74.0 g/mol. The molecule has 1 heteroatoms. The van der Waals surface area contributed by atoms with Crippen molar-refractivity contribution < 1.29 is 0 Å². The molecule has 0 aliphatic carbocycles. The van der Waals surface area contributed by atoms with Crippen LogP contribution in [0.2, 0.25) is 0 Å². The average Bonchev–Trinajstić information content (AvgIpc) is 1.37. The lowest BCUT2D eigenvalue weighted by molar-refractivity contribution is 1.54. The van der Waals surface area contributed by atoms with E-state index in [4.69, 9.17) is 5.69 Å². The fourth-order valence-corrected chi connectivity index (χ4v) is 0. The Morgan fingerprint density at radius 3 is 2.25 bits per heavy atom. The van der Waals surface area contributed by atoms with Gasteiger partial charge in [0.2, 0.25) is 0 Å². The van der Waals surface area contributed by atoms with Gasteiger partial charge in [0, 0.05) is 5.75 Å². The van der Waals surface area contributed by atoms with Crippen LogP contribution in [0, 0.1) is 5.69 Å². The quantitative estimate of drug-likeness (QED) is 0.406. The fraction of sp³-hybridized carbons (Fsp3) is 0.667. The van der Waals surface area contributed by atoms with Gasteiger partial charge in [0.25, 0.3) is 0 Å². The van der Waals surface area contributed by atoms with Gasteiger partial charge in [-0.15, -0.1) is 16.9 Å². The molecule has 0 heterocycles. The Kier molecular flexibility index (Phi) is 3.00. The first kappa shape index (κ1) is 4.00. The smallest absolute Gasteiger partial charge is 0.0147 e. The Labute approximate surface area is 30.4 Å². The van der Waals surface area contributed by atoms with Crippen LogP contribution >= 0.6 is 11.2 Å². The zero-order valence-corrected chi connectivity index (χ0v) is 3.51. The van der Waals surface area contributed by atoms with E-state index in [0.717, 1.165) is 5.75 Å². The first-order valence-electron chi connectivity index (χ1n) is 1.23. The van der Waals surface area contributed by atoms with Crippen molar-refractivity contribution in [3.05, 3.63) is 0 Å². The highest BCUT2D eigenvalue weighted by Crippen LogP contribution is 1.67. The zero-order valence-electron chi connectivity index (χ0n) is 2.69. The van der Waals surface area contributed by atoms with Crippen LogP contribution in [0.3, 0.4) is 0 Å². The minimum atomic E-state index is 1.01. The second-order valence-electron chi connectivity index (χ2n) is 0.455. The second-order valence-corrected chi connectivity index (χ2v) is 1.37. The van der Waals surface area contributed by atoms with Gasteiger partial charge in [-0.05, 0) is 0 Å². The lowest BCUT2D eigenvalue weighted by atomic mass is 11.0. The Balaban J connectivity index is 2.43. The summed E-state index contributed by atoms with van der Waals surface area (Å²) in [5.74, 6) is 1.01.